The molecule has 0 bridgehead atoms. The molecule has 0 aliphatic heterocycles. The van der Waals surface area contributed by atoms with Gasteiger partial charge < -0.3 is 14.4 Å². The molecular weight excluding hydrogens is 457 g/mol. The molecule has 1 N–H and O–H groups in total. The van der Waals surface area contributed by atoms with Gasteiger partial charge in [-0.3, -0.25) is 0 Å². The molecule has 5 nitrogen and oxygen atoms in total. The minimum Gasteiger partial charge on any atom is -0.488 e. The second-order valence-corrected chi connectivity index (χ2v) is 7.69. The molecule has 2 aromatic carbocycles. The zero-order valence-electron chi connectivity index (χ0n) is 15.3. The topological polar surface area (TPSA) is 72.6 Å². The second kappa shape index (κ2) is 8.12. The molecule has 0 spiro atoms. The monoisotopic (exact) mass is 477 g/mol. The van der Waals surface area contributed by atoms with Crippen molar-refractivity contribution < 1.29 is 19.2 Å². The first-order valence-electron chi connectivity index (χ1n) is 8.58. The summed E-state index contributed by atoms with van der Waals surface area (Å²) in [6, 6.07) is 13.9. The van der Waals surface area contributed by atoms with Crippen molar-refractivity contribution >= 4 is 28.6 Å². The van der Waals surface area contributed by atoms with Gasteiger partial charge in [0.05, 0.1) is 3.57 Å². The van der Waals surface area contributed by atoms with Crippen molar-refractivity contribution in [1.29, 1.82) is 0 Å². The van der Waals surface area contributed by atoms with Crippen LogP contribution in [0.3, 0.4) is 0 Å². The first-order chi connectivity index (χ1) is 12.9. The highest BCUT2D eigenvalue weighted by molar-refractivity contribution is 14.1. The molecule has 27 heavy (non-hydrogen) atoms. The van der Waals surface area contributed by atoms with Gasteiger partial charge in [0.25, 0.3) is 5.76 Å². The molecule has 0 aliphatic rings. The smallest absolute Gasteiger partial charge is 0.375 e. The Morgan fingerprint density at radius 3 is 2.56 bits per heavy atom. The van der Waals surface area contributed by atoms with Gasteiger partial charge in [0.15, 0.2) is 0 Å². The highest BCUT2D eigenvalue weighted by atomic mass is 127. The Balaban J connectivity index is 2.06. The van der Waals surface area contributed by atoms with Crippen molar-refractivity contribution in [3.05, 3.63) is 68.5 Å². The Kier molecular flexibility index (Phi) is 5.84. The molecule has 6 heteroatoms. The predicted molar refractivity (Wildman–Crippen MR) is 111 cm³/mol. The van der Waals surface area contributed by atoms with Gasteiger partial charge >= 0.3 is 5.97 Å². The molecule has 140 valence electrons. The second-order valence-electron chi connectivity index (χ2n) is 6.61. The van der Waals surface area contributed by atoms with Crippen molar-refractivity contribution in [3.63, 3.8) is 0 Å². The molecule has 0 unspecified atom stereocenters. The van der Waals surface area contributed by atoms with E-state index < -0.39 is 5.97 Å². The number of carbonyl (C=O) groups is 1. The normalized spacial score (nSPS) is 11.0. The number of aromatic nitrogens is 1. The van der Waals surface area contributed by atoms with Crippen LogP contribution in [0.1, 0.15) is 47.0 Å². The first kappa shape index (κ1) is 19.4. The van der Waals surface area contributed by atoms with E-state index in [9.17, 15) is 9.90 Å². The highest BCUT2D eigenvalue weighted by Gasteiger charge is 2.24. The number of carboxylic acid groups (broad SMARTS) is 1. The van der Waals surface area contributed by atoms with Crippen LogP contribution < -0.4 is 4.74 Å². The van der Waals surface area contributed by atoms with E-state index in [1.807, 2.05) is 72.0 Å². The minimum atomic E-state index is -1.14. The summed E-state index contributed by atoms with van der Waals surface area (Å²) in [6.45, 7) is 6.69. The average molecular weight is 477 g/mol. The average Bonchev–Trinajstić information content (AvgIpc) is 3.02. The van der Waals surface area contributed by atoms with Crippen LogP contribution in [0, 0.1) is 10.5 Å². The Morgan fingerprint density at radius 2 is 1.96 bits per heavy atom. The molecule has 0 radical (unpaired) electrons. The number of aromatic carboxylic acids is 1. The fourth-order valence-electron chi connectivity index (χ4n) is 2.94. The Labute approximate surface area is 171 Å². The predicted octanol–water partition coefficient (Wildman–Crippen LogP) is 5.66. The van der Waals surface area contributed by atoms with Gasteiger partial charge in [-0.25, -0.2) is 4.79 Å². The summed E-state index contributed by atoms with van der Waals surface area (Å²) in [5, 5.41) is 13.3. The summed E-state index contributed by atoms with van der Waals surface area (Å²) in [5.74, 6) is -0.327. The molecule has 0 atom stereocenters. The molecule has 1 heterocycles. The third kappa shape index (κ3) is 4.16. The van der Waals surface area contributed by atoms with E-state index >= 15 is 0 Å². The third-order valence-electron chi connectivity index (χ3n) is 4.31. The number of carboxylic acids is 1. The minimum absolute atomic E-state index is 0.161. The summed E-state index contributed by atoms with van der Waals surface area (Å²) >= 11 is 1.96. The zero-order valence-corrected chi connectivity index (χ0v) is 17.5. The molecule has 3 rings (SSSR count). The van der Waals surface area contributed by atoms with E-state index in [0.717, 1.165) is 22.3 Å². The van der Waals surface area contributed by atoms with Crippen LogP contribution in [-0.4, -0.2) is 16.2 Å². The largest absolute Gasteiger partial charge is 0.488 e. The van der Waals surface area contributed by atoms with Crippen molar-refractivity contribution in [2.45, 2.75) is 33.3 Å². The number of rotatable bonds is 6. The van der Waals surface area contributed by atoms with Crippen LogP contribution in [0.2, 0.25) is 0 Å². The zero-order chi connectivity index (χ0) is 19.6. The van der Waals surface area contributed by atoms with Gasteiger partial charge in [-0.05, 0) is 64.3 Å². The first-order valence-corrected chi connectivity index (χ1v) is 9.66. The summed E-state index contributed by atoms with van der Waals surface area (Å²) in [7, 11) is 0. The lowest BCUT2D eigenvalue weighted by molar-refractivity contribution is 0.0650. The SMILES string of the molecule is Cc1cc(OCc2ccccc2)c(-c2noc(C(=O)O)c2I)cc1C(C)C. The quantitative estimate of drug-likeness (QED) is 0.465. The number of aryl methyl sites for hydroxylation is 1. The van der Waals surface area contributed by atoms with E-state index in [4.69, 9.17) is 9.26 Å². The van der Waals surface area contributed by atoms with Gasteiger partial charge in [-0.1, -0.05) is 49.3 Å². The summed E-state index contributed by atoms with van der Waals surface area (Å²) in [4.78, 5) is 11.3. The maximum absolute atomic E-state index is 11.3. The number of halogens is 1. The highest BCUT2D eigenvalue weighted by Crippen LogP contribution is 2.38. The summed E-state index contributed by atoms with van der Waals surface area (Å²) in [5.41, 5.74) is 4.55. The Hall–Kier alpha value is -2.35. The molecule has 0 amide bonds. The van der Waals surface area contributed by atoms with Crippen molar-refractivity contribution in [3.8, 4) is 17.0 Å². The number of ether oxygens (including phenoxy) is 1. The lowest BCUT2D eigenvalue weighted by atomic mass is 9.94. The lowest BCUT2D eigenvalue weighted by Gasteiger charge is -2.16. The van der Waals surface area contributed by atoms with Crippen molar-refractivity contribution in [2.24, 2.45) is 0 Å². The fourth-order valence-corrected chi connectivity index (χ4v) is 3.66. The van der Waals surface area contributed by atoms with Crippen LogP contribution in [0.25, 0.3) is 11.3 Å². The van der Waals surface area contributed by atoms with E-state index in [1.165, 1.54) is 0 Å². The third-order valence-corrected chi connectivity index (χ3v) is 5.31. The maximum Gasteiger partial charge on any atom is 0.375 e. The van der Waals surface area contributed by atoms with Crippen molar-refractivity contribution in [1.82, 2.24) is 5.16 Å². The molecule has 0 fully saturated rings. The van der Waals surface area contributed by atoms with Crippen LogP contribution >= 0.6 is 22.6 Å². The fraction of sp³-hybridized carbons (Fsp3) is 0.238. The molecular formula is C21H20INO4. The van der Waals surface area contributed by atoms with Crippen LogP contribution in [0.4, 0.5) is 0 Å². The number of benzene rings is 2. The van der Waals surface area contributed by atoms with Gasteiger partial charge in [-0.15, -0.1) is 0 Å². The van der Waals surface area contributed by atoms with Gasteiger partial charge in [0, 0.05) is 5.56 Å². The van der Waals surface area contributed by atoms with Gasteiger partial charge in [0.2, 0.25) is 0 Å². The Morgan fingerprint density at radius 1 is 1.26 bits per heavy atom. The van der Waals surface area contributed by atoms with Crippen molar-refractivity contribution in [2.75, 3.05) is 0 Å². The van der Waals surface area contributed by atoms with E-state index in [-0.39, 0.29) is 5.76 Å². The van der Waals surface area contributed by atoms with Gasteiger partial charge in [0.1, 0.15) is 18.1 Å². The van der Waals surface area contributed by atoms with Gasteiger partial charge in [-0.2, -0.15) is 0 Å². The molecule has 1 aromatic heterocycles. The van der Waals surface area contributed by atoms with Crippen LogP contribution in [0.5, 0.6) is 5.75 Å². The van der Waals surface area contributed by atoms with E-state index in [1.54, 1.807) is 0 Å². The molecule has 3 aromatic rings. The Bertz CT molecular complexity index is 964. The number of hydrogen-bond acceptors (Lipinski definition) is 4. The summed E-state index contributed by atoms with van der Waals surface area (Å²) < 4.78 is 11.6. The van der Waals surface area contributed by atoms with E-state index in [2.05, 4.69) is 19.0 Å². The summed E-state index contributed by atoms with van der Waals surface area (Å²) in [6.07, 6.45) is 0. The lowest BCUT2D eigenvalue weighted by Crippen LogP contribution is -2.01. The standard InChI is InChI=1S/C21H20INO4/c1-12(2)15-10-16(19-18(22)20(21(24)25)27-23-19)17(9-13(15)3)26-11-14-7-5-4-6-8-14/h4-10,12H,11H2,1-3H3,(H,24,25). The number of hydrogen-bond donors (Lipinski definition) is 1. The molecule has 0 saturated carbocycles. The molecule has 0 aliphatic carbocycles. The maximum atomic E-state index is 11.3. The van der Waals surface area contributed by atoms with Crippen LogP contribution in [0.15, 0.2) is 47.0 Å². The number of nitrogens with zero attached hydrogens (tertiary/aromatic N) is 1. The van der Waals surface area contributed by atoms with E-state index in [0.29, 0.717) is 27.5 Å². The van der Waals surface area contributed by atoms with Crippen LogP contribution in [-0.2, 0) is 6.61 Å². The molecule has 0 saturated heterocycles.